The second-order valence-corrected chi connectivity index (χ2v) is 9.59. The van der Waals surface area contributed by atoms with Crippen molar-refractivity contribution in [1.82, 2.24) is 4.31 Å². The van der Waals surface area contributed by atoms with Gasteiger partial charge in [-0.1, -0.05) is 19.3 Å². The smallest absolute Gasteiger partial charge is 0.338 e. The molecular weight excluding hydrogens is 416 g/mol. The molecule has 1 amide bonds. The number of benzene rings is 2. The molecule has 7 nitrogen and oxygen atoms in total. The molecule has 1 aliphatic rings. The van der Waals surface area contributed by atoms with Gasteiger partial charge >= 0.3 is 5.97 Å². The van der Waals surface area contributed by atoms with E-state index in [1.54, 1.807) is 38.2 Å². The molecular formula is C23H28N2O5S. The van der Waals surface area contributed by atoms with Crippen LogP contribution in [0.1, 0.15) is 59.7 Å². The van der Waals surface area contributed by atoms with E-state index in [0.717, 1.165) is 32.1 Å². The predicted molar refractivity (Wildman–Crippen MR) is 119 cm³/mol. The zero-order valence-corrected chi connectivity index (χ0v) is 18.7. The van der Waals surface area contributed by atoms with E-state index >= 15 is 0 Å². The minimum Gasteiger partial charge on any atom is -0.462 e. The van der Waals surface area contributed by atoms with Crippen LogP contribution >= 0.6 is 0 Å². The van der Waals surface area contributed by atoms with Gasteiger partial charge in [0.05, 0.1) is 17.1 Å². The third-order valence-corrected chi connectivity index (χ3v) is 7.46. The van der Waals surface area contributed by atoms with Gasteiger partial charge < -0.3 is 10.1 Å². The number of hydrogen-bond acceptors (Lipinski definition) is 5. The van der Waals surface area contributed by atoms with Gasteiger partial charge in [0, 0.05) is 24.3 Å². The Labute approximate surface area is 183 Å². The Bertz CT molecular complexity index is 1010. The van der Waals surface area contributed by atoms with Gasteiger partial charge in [-0.2, -0.15) is 4.31 Å². The van der Waals surface area contributed by atoms with Crippen molar-refractivity contribution >= 4 is 27.6 Å². The van der Waals surface area contributed by atoms with E-state index in [1.165, 1.54) is 28.6 Å². The van der Waals surface area contributed by atoms with E-state index in [4.69, 9.17) is 4.74 Å². The highest BCUT2D eigenvalue weighted by molar-refractivity contribution is 7.89. The van der Waals surface area contributed by atoms with Crippen LogP contribution in [0.15, 0.2) is 53.4 Å². The molecule has 0 unspecified atom stereocenters. The summed E-state index contributed by atoms with van der Waals surface area (Å²) in [6.45, 7) is 2.02. The van der Waals surface area contributed by atoms with E-state index in [9.17, 15) is 18.0 Å². The summed E-state index contributed by atoms with van der Waals surface area (Å²) in [6, 6.07) is 12.3. The van der Waals surface area contributed by atoms with Crippen LogP contribution in [0, 0.1) is 0 Å². The van der Waals surface area contributed by atoms with Crippen LogP contribution in [-0.2, 0) is 14.8 Å². The van der Waals surface area contributed by atoms with Gasteiger partial charge in [-0.3, -0.25) is 4.79 Å². The Morgan fingerprint density at radius 2 is 1.55 bits per heavy atom. The van der Waals surface area contributed by atoms with Crippen LogP contribution in [0.2, 0.25) is 0 Å². The Morgan fingerprint density at radius 3 is 2.13 bits per heavy atom. The number of nitrogens with one attached hydrogen (secondary N) is 1. The lowest BCUT2D eigenvalue weighted by Gasteiger charge is -2.30. The number of rotatable bonds is 7. The normalized spacial score (nSPS) is 14.9. The highest BCUT2D eigenvalue weighted by atomic mass is 32.2. The van der Waals surface area contributed by atoms with Gasteiger partial charge in [0.2, 0.25) is 10.0 Å². The van der Waals surface area contributed by atoms with Crippen LogP contribution < -0.4 is 5.32 Å². The van der Waals surface area contributed by atoms with Gasteiger partial charge in [-0.25, -0.2) is 13.2 Å². The molecule has 0 radical (unpaired) electrons. The maximum atomic E-state index is 12.9. The van der Waals surface area contributed by atoms with E-state index in [0.29, 0.717) is 23.4 Å². The zero-order valence-electron chi connectivity index (χ0n) is 17.8. The first-order chi connectivity index (χ1) is 14.8. The molecule has 0 aliphatic heterocycles. The van der Waals surface area contributed by atoms with E-state index < -0.39 is 16.0 Å². The fraction of sp³-hybridized carbons (Fsp3) is 0.391. The van der Waals surface area contributed by atoms with E-state index in [1.807, 2.05) is 0 Å². The van der Waals surface area contributed by atoms with Crippen molar-refractivity contribution in [2.45, 2.75) is 50.0 Å². The monoisotopic (exact) mass is 444 g/mol. The molecule has 0 saturated heterocycles. The summed E-state index contributed by atoms with van der Waals surface area (Å²) in [4.78, 5) is 24.4. The molecule has 166 valence electrons. The summed E-state index contributed by atoms with van der Waals surface area (Å²) in [5.74, 6) is -0.788. The standard InChI is InChI=1S/C23H28N2O5S/c1-3-30-23(27)18-9-13-19(14-10-18)24-22(26)17-11-15-21(16-12-17)31(28,29)25(2)20-7-5-4-6-8-20/h9-16,20H,3-8H2,1-2H3,(H,24,26). The number of hydrogen-bond donors (Lipinski definition) is 1. The summed E-state index contributed by atoms with van der Waals surface area (Å²) in [5.41, 5.74) is 1.26. The summed E-state index contributed by atoms with van der Waals surface area (Å²) < 4.78 is 32.2. The number of esters is 1. The van der Waals surface area contributed by atoms with Crippen molar-refractivity contribution in [2.75, 3.05) is 19.0 Å². The first kappa shape index (κ1) is 23.0. The lowest BCUT2D eigenvalue weighted by Crippen LogP contribution is -2.38. The Kier molecular flexibility index (Phi) is 7.46. The van der Waals surface area contributed by atoms with Crippen LogP contribution in [0.3, 0.4) is 0 Å². The fourth-order valence-electron chi connectivity index (χ4n) is 3.69. The molecule has 3 rings (SSSR count). The first-order valence-electron chi connectivity index (χ1n) is 10.5. The predicted octanol–water partition coefficient (Wildman–Crippen LogP) is 4.07. The van der Waals surface area contributed by atoms with Crippen molar-refractivity contribution in [3.8, 4) is 0 Å². The quantitative estimate of drug-likeness (QED) is 0.650. The summed E-state index contributed by atoms with van der Waals surface area (Å²) in [5, 5.41) is 2.74. The molecule has 0 spiro atoms. The molecule has 1 fully saturated rings. The lowest BCUT2D eigenvalue weighted by molar-refractivity contribution is 0.0526. The third kappa shape index (κ3) is 5.51. The molecule has 0 bridgehead atoms. The largest absolute Gasteiger partial charge is 0.462 e. The van der Waals surface area contributed by atoms with Gasteiger partial charge in [-0.05, 0) is 68.3 Å². The maximum Gasteiger partial charge on any atom is 0.338 e. The molecule has 1 aliphatic carbocycles. The van der Waals surface area contributed by atoms with Gasteiger partial charge in [0.15, 0.2) is 0 Å². The molecule has 2 aromatic carbocycles. The molecule has 1 N–H and O–H groups in total. The van der Waals surface area contributed by atoms with Crippen LogP contribution in [0.25, 0.3) is 0 Å². The van der Waals surface area contributed by atoms with Crippen LogP contribution in [0.4, 0.5) is 5.69 Å². The highest BCUT2D eigenvalue weighted by Gasteiger charge is 2.29. The lowest BCUT2D eigenvalue weighted by atomic mass is 9.96. The highest BCUT2D eigenvalue weighted by Crippen LogP contribution is 2.26. The number of amides is 1. The van der Waals surface area contributed by atoms with Crippen molar-refractivity contribution < 1.29 is 22.7 Å². The SMILES string of the molecule is CCOC(=O)c1ccc(NC(=O)c2ccc(S(=O)(=O)N(C)C3CCCCC3)cc2)cc1. The third-order valence-electron chi connectivity index (χ3n) is 5.54. The maximum absolute atomic E-state index is 12.9. The second-order valence-electron chi connectivity index (χ2n) is 7.59. The van der Waals surface area contributed by atoms with Gasteiger partial charge in [0.25, 0.3) is 5.91 Å². The summed E-state index contributed by atoms with van der Waals surface area (Å²) in [7, 11) is -1.97. The average molecular weight is 445 g/mol. The second kappa shape index (κ2) is 10.1. The molecule has 8 heteroatoms. The van der Waals surface area contributed by atoms with Gasteiger partial charge in [0.1, 0.15) is 0 Å². The van der Waals surface area contributed by atoms with Gasteiger partial charge in [-0.15, -0.1) is 0 Å². The number of carbonyl (C=O) groups is 2. The number of sulfonamides is 1. The molecule has 0 aromatic heterocycles. The Balaban J connectivity index is 1.66. The number of anilines is 1. The molecule has 0 atom stereocenters. The van der Waals surface area contributed by atoms with E-state index in [2.05, 4.69) is 5.32 Å². The Morgan fingerprint density at radius 1 is 0.968 bits per heavy atom. The molecule has 1 saturated carbocycles. The topological polar surface area (TPSA) is 92.8 Å². The molecule has 0 heterocycles. The molecule has 31 heavy (non-hydrogen) atoms. The van der Waals surface area contributed by atoms with Crippen LogP contribution in [0.5, 0.6) is 0 Å². The van der Waals surface area contributed by atoms with Crippen molar-refractivity contribution in [1.29, 1.82) is 0 Å². The number of nitrogens with zero attached hydrogens (tertiary/aromatic N) is 1. The first-order valence-corrected chi connectivity index (χ1v) is 11.9. The zero-order chi connectivity index (χ0) is 22.4. The number of carbonyl (C=O) groups excluding carboxylic acids is 2. The fourth-order valence-corrected chi connectivity index (χ4v) is 5.11. The van der Waals surface area contributed by atoms with E-state index in [-0.39, 0.29) is 16.8 Å². The minimum absolute atomic E-state index is 0.0271. The average Bonchev–Trinajstić information content (AvgIpc) is 2.79. The molecule has 2 aromatic rings. The summed E-state index contributed by atoms with van der Waals surface area (Å²) in [6.07, 6.45) is 5.00. The van der Waals surface area contributed by atoms with Crippen LogP contribution in [-0.4, -0.2) is 44.3 Å². The van der Waals surface area contributed by atoms with Crippen molar-refractivity contribution in [3.63, 3.8) is 0 Å². The Hall–Kier alpha value is -2.71. The minimum atomic E-state index is -3.60. The summed E-state index contributed by atoms with van der Waals surface area (Å²) >= 11 is 0. The van der Waals surface area contributed by atoms with Crippen molar-refractivity contribution in [3.05, 3.63) is 59.7 Å². The van der Waals surface area contributed by atoms with Crippen molar-refractivity contribution in [2.24, 2.45) is 0 Å². The number of ether oxygens (including phenoxy) is 1.